The molecule has 106 valence electrons. The average Bonchev–Trinajstić information content (AvgIpc) is 2.56. The summed E-state index contributed by atoms with van der Waals surface area (Å²) in [5.41, 5.74) is 3.63. The van der Waals surface area contributed by atoms with Gasteiger partial charge in [0.15, 0.2) is 0 Å². The molecule has 0 atom stereocenters. The van der Waals surface area contributed by atoms with Gasteiger partial charge in [-0.3, -0.25) is 4.79 Å². The van der Waals surface area contributed by atoms with Crippen molar-refractivity contribution in [1.82, 2.24) is 10.2 Å². The van der Waals surface area contributed by atoms with Crippen LogP contribution in [0.15, 0.2) is 58.2 Å². The monoisotopic (exact) mass is 296 g/mol. The molecule has 3 nitrogen and oxygen atoms in total. The standard InChI is InChI=1S/C17H16N2OS/c1-21-14-9-7-13(8-10-14)17-15(11-16(20)18-19-17)12-5-3-2-4-6-12/h3,5-11H,2,4H2,1H3,(H,18,20). The zero-order chi connectivity index (χ0) is 14.7. The van der Waals surface area contributed by atoms with Gasteiger partial charge in [0.1, 0.15) is 0 Å². The number of rotatable bonds is 3. The topological polar surface area (TPSA) is 45.8 Å². The molecular weight excluding hydrogens is 280 g/mol. The highest BCUT2D eigenvalue weighted by atomic mass is 32.2. The molecule has 0 saturated heterocycles. The Morgan fingerprint density at radius 2 is 2.00 bits per heavy atom. The zero-order valence-corrected chi connectivity index (χ0v) is 12.6. The molecule has 0 fully saturated rings. The predicted octanol–water partition coefficient (Wildman–Crippen LogP) is 3.89. The van der Waals surface area contributed by atoms with Gasteiger partial charge in [0, 0.05) is 22.1 Å². The number of nitrogens with one attached hydrogen (secondary N) is 1. The van der Waals surface area contributed by atoms with Crippen molar-refractivity contribution in [3.8, 4) is 11.3 Å². The zero-order valence-electron chi connectivity index (χ0n) is 11.8. The van der Waals surface area contributed by atoms with Gasteiger partial charge in [0.2, 0.25) is 0 Å². The Bertz CT molecular complexity index is 757. The molecular formula is C17H16N2OS. The van der Waals surface area contributed by atoms with Gasteiger partial charge in [-0.1, -0.05) is 30.4 Å². The summed E-state index contributed by atoms with van der Waals surface area (Å²) in [6, 6.07) is 9.86. The molecule has 1 heterocycles. The van der Waals surface area contributed by atoms with Crippen molar-refractivity contribution in [3.63, 3.8) is 0 Å². The van der Waals surface area contributed by atoms with Crippen molar-refractivity contribution < 1.29 is 0 Å². The van der Waals surface area contributed by atoms with Gasteiger partial charge >= 0.3 is 0 Å². The maximum Gasteiger partial charge on any atom is 0.264 e. The lowest BCUT2D eigenvalue weighted by Gasteiger charge is -2.11. The average molecular weight is 296 g/mol. The number of aromatic nitrogens is 2. The van der Waals surface area contributed by atoms with Gasteiger partial charge in [-0.05, 0) is 36.8 Å². The van der Waals surface area contributed by atoms with Gasteiger partial charge in [0.25, 0.3) is 5.56 Å². The first kappa shape index (κ1) is 13.9. The highest BCUT2D eigenvalue weighted by Gasteiger charge is 2.12. The summed E-state index contributed by atoms with van der Waals surface area (Å²) in [5, 5.41) is 6.80. The number of benzene rings is 1. The molecule has 0 spiro atoms. The predicted molar refractivity (Wildman–Crippen MR) is 88.4 cm³/mol. The quantitative estimate of drug-likeness (QED) is 0.874. The third kappa shape index (κ3) is 3.00. The second-order valence-electron chi connectivity index (χ2n) is 4.86. The fourth-order valence-electron chi connectivity index (χ4n) is 2.41. The summed E-state index contributed by atoms with van der Waals surface area (Å²) in [6.07, 6.45) is 10.5. The van der Waals surface area contributed by atoms with E-state index >= 15 is 0 Å². The molecule has 2 aromatic rings. The number of nitrogens with zero attached hydrogens (tertiary/aromatic N) is 1. The van der Waals surface area contributed by atoms with Gasteiger partial charge < -0.3 is 0 Å². The van der Waals surface area contributed by atoms with E-state index in [1.807, 2.05) is 12.1 Å². The van der Waals surface area contributed by atoms with Gasteiger partial charge in [-0.15, -0.1) is 11.8 Å². The van der Waals surface area contributed by atoms with E-state index in [9.17, 15) is 4.79 Å². The van der Waals surface area contributed by atoms with Crippen LogP contribution in [0.5, 0.6) is 0 Å². The van der Waals surface area contributed by atoms with Crippen LogP contribution in [0.25, 0.3) is 16.8 Å². The van der Waals surface area contributed by atoms with Crippen LogP contribution in [0.4, 0.5) is 0 Å². The summed E-state index contributed by atoms with van der Waals surface area (Å²) >= 11 is 1.71. The molecule has 3 rings (SSSR count). The highest BCUT2D eigenvalue weighted by molar-refractivity contribution is 7.98. The summed E-state index contributed by atoms with van der Waals surface area (Å²) in [4.78, 5) is 12.9. The Morgan fingerprint density at radius 3 is 2.67 bits per heavy atom. The molecule has 1 N–H and O–H groups in total. The number of thioether (sulfide) groups is 1. The number of hydrogen-bond donors (Lipinski definition) is 1. The molecule has 0 radical (unpaired) electrons. The molecule has 1 aliphatic carbocycles. The molecule has 0 aliphatic heterocycles. The van der Waals surface area contributed by atoms with Gasteiger partial charge in [-0.2, -0.15) is 5.10 Å². The number of hydrogen-bond acceptors (Lipinski definition) is 3. The van der Waals surface area contributed by atoms with E-state index in [4.69, 9.17) is 0 Å². The SMILES string of the molecule is CSc1ccc(-c2n[nH]c(=O)cc2C2=CCCC=C2)cc1. The second kappa shape index (κ2) is 6.14. The molecule has 0 unspecified atom stereocenters. The van der Waals surface area contributed by atoms with Crippen LogP contribution in [0, 0.1) is 0 Å². The molecule has 1 aromatic heterocycles. The van der Waals surface area contributed by atoms with Crippen molar-refractivity contribution in [2.24, 2.45) is 0 Å². The molecule has 4 heteroatoms. The molecule has 1 aromatic carbocycles. The Kier molecular flexibility index (Phi) is 4.06. The summed E-state index contributed by atoms with van der Waals surface area (Å²) in [6.45, 7) is 0. The largest absolute Gasteiger partial charge is 0.268 e. The van der Waals surface area contributed by atoms with E-state index in [1.165, 1.54) is 4.90 Å². The Balaban J connectivity index is 2.11. The number of allylic oxidation sites excluding steroid dienone is 4. The lowest BCUT2D eigenvalue weighted by Crippen LogP contribution is -2.10. The first-order chi connectivity index (χ1) is 10.3. The smallest absolute Gasteiger partial charge is 0.264 e. The van der Waals surface area contributed by atoms with Crippen LogP contribution < -0.4 is 5.56 Å². The van der Waals surface area contributed by atoms with E-state index in [-0.39, 0.29) is 5.56 Å². The maximum absolute atomic E-state index is 11.6. The number of aromatic amines is 1. The van der Waals surface area contributed by atoms with E-state index in [0.29, 0.717) is 0 Å². The highest BCUT2D eigenvalue weighted by Crippen LogP contribution is 2.29. The fraction of sp³-hybridized carbons (Fsp3) is 0.176. The first-order valence-electron chi connectivity index (χ1n) is 6.89. The van der Waals surface area contributed by atoms with E-state index in [0.717, 1.165) is 35.2 Å². The summed E-state index contributed by atoms with van der Waals surface area (Å²) in [7, 11) is 0. The normalized spacial score (nSPS) is 14.0. The van der Waals surface area contributed by atoms with Gasteiger partial charge in [-0.25, -0.2) is 5.10 Å². The lowest BCUT2D eigenvalue weighted by atomic mass is 9.96. The Labute approximate surface area is 127 Å². The molecule has 1 aliphatic rings. The lowest BCUT2D eigenvalue weighted by molar-refractivity contribution is 0.986. The minimum Gasteiger partial charge on any atom is -0.268 e. The van der Waals surface area contributed by atoms with Crippen LogP contribution >= 0.6 is 11.8 Å². The minimum absolute atomic E-state index is 0.172. The third-order valence-corrected chi connectivity index (χ3v) is 4.22. The molecule has 0 bridgehead atoms. The van der Waals surface area contributed by atoms with Crippen LogP contribution in [-0.2, 0) is 0 Å². The second-order valence-corrected chi connectivity index (χ2v) is 5.74. The van der Waals surface area contributed by atoms with Crippen molar-refractivity contribution in [2.75, 3.05) is 6.26 Å². The first-order valence-corrected chi connectivity index (χ1v) is 8.11. The van der Waals surface area contributed by atoms with Gasteiger partial charge in [0.05, 0.1) is 5.69 Å². The van der Waals surface area contributed by atoms with E-state index in [1.54, 1.807) is 17.8 Å². The van der Waals surface area contributed by atoms with Crippen molar-refractivity contribution in [2.45, 2.75) is 17.7 Å². The number of H-pyrrole nitrogens is 1. The van der Waals surface area contributed by atoms with Crippen LogP contribution in [0.2, 0.25) is 0 Å². The summed E-state index contributed by atoms with van der Waals surface area (Å²) < 4.78 is 0. The van der Waals surface area contributed by atoms with Crippen molar-refractivity contribution >= 4 is 17.3 Å². The fourth-order valence-corrected chi connectivity index (χ4v) is 2.81. The summed E-state index contributed by atoms with van der Waals surface area (Å²) in [5.74, 6) is 0. The van der Waals surface area contributed by atoms with E-state index < -0.39 is 0 Å². The minimum atomic E-state index is -0.172. The Hall–Kier alpha value is -2.07. The third-order valence-electron chi connectivity index (χ3n) is 3.48. The molecule has 0 amide bonds. The van der Waals surface area contributed by atoms with Crippen LogP contribution in [0.1, 0.15) is 18.4 Å². The van der Waals surface area contributed by atoms with Crippen LogP contribution in [0.3, 0.4) is 0 Å². The molecule has 0 saturated carbocycles. The van der Waals surface area contributed by atoms with Crippen LogP contribution in [-0.4, -0.2) is 16.5 Å². The van der Waals surface area contributed by atoms with Crippen molar-refractivity contribution in [1.29, 1.82) is 0 Å². The van der Waals surface area contributed by atoms with Crippen molar-refractivity contribution in [3.05, 3.63) is 64.5 Å². The maximum atomic E-state index is 11.6. The van der Waals surface area contributed by atoms with E-state index in [2.05, 4.69) is 46.8 Å². The molecule has 21 heavy (non-hydrogen) atoms. The Morgan fingerprint density at radius 1 is 1.19 bits per heavy atom.